The number of halogens is 3. The van der Waals surface area contributed by atoms with Gasteiger partial charge in [-0.05, 0) is 49.8 Å². The summed E-state index contributed by atoms with van der Waals surface area (Å²) in [5.41, 5.74) is 7.38. The second kappa shape index (κ2) is 5.48. The molecule has 1 aromatic carbocycles. The Morgan fingerprint density at radius 3 is 2.57 bits per heavy atom. The van der Waals surface area contributed by atoms with Gasteiger partial charge in [-0.15, -0.1) is 11.3 Å². The number of fused-ring (bicyclic) bond motifs is 1. The molecule has 2 N–H and O–H groups in total. The number of aromatic nitrogens is 1. The summed E-state index contributed by atoms with van der Waals surface area (Å²) in [6, 6.07) is 5.61. The summed E-state index contributed by atoms with van der Waals surface area (Å²) < 4.78 is 39.0. The average Bonchev–Trinajstić information content (AvgIpc) is 2.79. The fourth-order valence-corrected chi connectivity index (χ4v) is 4.15. The molecule has 1 fully saturated rings. The third kappa shape index (κ3) is 3.31. The molecule has 2 nitrogen and oxygen atoms in total. The van der Waals surface area contributed by atoms with Crippen molar-refractivity contribution < 1.29 is 13.2 Å². The third-order valence-corrected chi connectivity index (χ3v) is 5.27. The molecule has 1 aromatic heterocycles. The highest BCUT2D eigenvalue weighted by atomic mass is 32.1. The van der Waals surface area contributed by atoms with Gasteiger partial charge >= 0.3 is 6.18 Å². The molecule has 1 saturated carbocycles. The molecular formula is C15H17F3N2S. The van der Waals surface area contributed by atoms with E-state index < -0.39 is 12.1 Å². The summed E-state index contributed by atoms with van der Waals surface area (Å²) >= 11 is 1.60. The van der Waals surface area contributed by atoms with Crippen molar-refractivity contribution in [2.45, 2.75) is 38.3 Å². The van der Waals surface area contributed by atoms with E-state index in [9.17, 15) is 13.2 Å². The van der Waals surface area contributed by atoms with Crippen LogP contribution in [-0.4, -0.2) is 11.2 Å². The van der Waals surface area contributed by atoms with E-state index in [1.165, 1.54) is 0 Å². The Kier molecular flexibility index (Phi) is 3.82. The molecule has 21 heavy (non-hydrogen) atoms. The molecule has 0 unspecified atom stereocenters. The van der Waals surface area contributed by atoms with Crippen molar-refractivity contribution in [1.82, 2.24) is 4.98 Å². The van der Waals surface area contributed by atoms with Crippen LogP contribution in [0, 0.1) is 11.8 Å². The van der Waals surface area contributed by atoms with E-state index in [1.54, 1.807) is 11.3 Å². The van der Waals surface area contributed by atoms with Gasteiger partial charge in [0.05, 0.1) is 21.1 Å². The monoisotopic (exact) mass is 314 g/mol. The summed E-state index contributed by atoms with van der Waals surface area (Å²) in [5.74, 6) is -0.787. The van der Waals surface area contributed by atoms with Crippen molar-refractivity contribution >= 4 is 27.2 Å². The predicted molar refractivity (Wildman–Crippen MR) is 79.2 cm³/mol. The lowest BCUT2D eigenvalue weighted by Gasteiger charge is -2.29. The van der Waals surface area contributed by atoms with Crippen LogP contribution in [0.1, 0.15) is 30.7 Å². The highest BCUT2D eigenvalue weighted by Gasteiger charge is 2.41. The first-order valence-corrected chi connectivity index (χ1v) is 7.95. The highest BCUT2D eigenvalue weighted by molar-refractivity contribution is 7.18. The minimum atomic E-state index is -4.03. The Morgan fingerprint density at radius 1 is 1.19 bits per heavy atom. The van der Waals surface area contributed by atoms with Crippen LogP contribution in [0.5, 0.6) is 0 Å². The number of rotatable bonds is 2. The molecule has 0 saturated heterocycles. The number of nitrogens with two attached hydrogens (primary N) is 1. The van der Waals surface area contributed by atoms with Crippen LogP contribution in [0.4, 0.5) is 18.9 Å². The molecule has 2 aromatic rings. The maximum atomic E-state index is 12.7. The lowest BCUT2D eigenvalue weighted by molar-refractivity contribution is -0.183. The smallest absolute Gasteiger partial charge is 0.391 e. The summed E-state index contributed by atoms with van der Waals surface area (Å²) in [7, 11) is 0. The van der Waals surface area contributed by atoms with E-state index in [0.29, 0.717) is 24.4 Å². The van der Waals surface area contributed by atoms with Crippen LogP contribution in [0.2, 0.25) is 0 Å². The molecule has 1 aliphatic rings. The third-order valence-electron chi connectivity index (χ3n) is 4.23. The van der Waals surface area contributed by atoms with E-state index >= 15 is 0 Å². The zero-order chi connectivity index (χ0) is 15.0. The van der Waals surface area contributed by atoms with Crippen LogP contribution < -0.4 is 5.73 Å². The van der Waals surface area contributed by atoms with Crippen molar-refractivity contribution in [1.29, 1.82) is 0 Å². The van der Waals surface area contributed by atoms with Gasteiger partial charge in [0.25, 0.3) is 0 Å². The number of nitrogens with zero attached hydrogens (tertiary/aromatic N) is 1. The Balaban J connectivity index is 1.64. The van der Waals surface area contributed by atoms with Crippen LogP contribution in [-0.2, 0) is 6.42 Å². The quantitative estimate of drug-likeness (QED) is 0.809. The largest absolute Gasteiger partial charge is 0.399 e. The van der Waals surface area contributed by atoms with Gasteiger partial charge in [-0.25, -0.2) is 4.98 Å². The van der Waals surface area contributed by atoms with Gasteiger partial charge in [0.2, 0.25) is 0 Å². The number of hydrogen-bond acceptors (Lipinski definition) is 3. The first kappa shape index (κ1) is 14.6. The minimum Gasteiger partial charge on any atom is -0.399 e. The second-order valence-electron chi connectivity index (χ2n) is 5.80. The Bertz CT molecular complexity index is 627. The van der Waals surface area contributed by atoms with Gasteiger partial charge in [0.15, 0.2) is 0 Å². The molecule has 0 spiro atoms. The predicted octanol–water partition coefficient (Wildman–Crippen LogP) is 4.79. The number of hydrogen-bond donors (Lipinski definition) is 1. The van der Waals surface area contributed by atoms with Crippen molar-refractivity contribution in [3.63, 3.8) is 0 Å². The molecule has 0 amide bonds. The van der Waals surface area contributed by atoms with Crippen LogP contribution in [0.15, 0.2) is 18.2 Å². The van der Waals surface area contributed by atoms with E-state index in [4.69, 9.17) is 5.73 Å². The lowest BCUT2D eigenvalue weighted by Crippen LogP contribution is -2.28. The van der Waals surface area contributed by atoms with Crippen LogP contribution in [0.3, 0.4) is 0 Å². The maximum Gasteiger partial charge on any atom is 0.391 e. The summed E-state index contributed by atoms with van der Waals surface area (Å²) in [6.45, 7) is 0. The van der Waals surface area contributed by atoms with E-state index in [-0.39, 0.29) is 12.8 Å². The Labute approximate surface area is 125 Å². The number of alkyl halides is 3. The minimum absolute atomic E-state index is 0.256. The molecule has 1 heterocycles. The van der Waals surface area contributed by atoms with Gasteiger partial charge in [-0.2, -0.15) is 13.2 Å². The average molecular weight is 314 g/mol. The molecule has 114 valence electrons. The van der Waals surface area contributed by atoms with Crippen molar-refractivity contribution in [3.8, 4) is 0 Å². The van der Waals surface area contributed by atoms with Crippen molar-refractivity contribution in [3.05, 3.63) is 23.2 Å². The van der Waals surface area contributed by atoms with Gasteiger partial charge < -0.3 is 5.73 Å². The molecular weight excluding hydrogens is 297 g/mol. The first-order chi connectivity index (χ1) is 9.91. The number of thiazole rings is 1. The van der Waals surface area contributed by atoms with Crippen LogP contribution >= 0.6 is 11.3 Å². The molecule has 6 heteroatoms. The second-order valence-corrected chi connectivity index (χ2v) is 6.91. The zero-order valence-corrected chi connectivity index (χ0v) is 12.3. The fourth-order valence-electron chi connectivity index (χ4n) is 3.02. The van der Waals surface area contributed by atoms with E-state index in [0.717, 1.165) is 21.6 Å². The molecule has 0 radical (unpaired) electrons. The fraction of sp³-hybridized carbons (Fsp3) is 0.533. The maximum absolute atomic E-state index is 12.7. The molecule has 0 aliphatic heterocycles. The number of nitrogen functional groups attached to an aromatic ring is 1. The van der Waals surface area contributed by atoms with Gasteiger partial charge in [-0.1, -0.05) is 0 Å². The SMILES string of the molecule is Nc1ccc2nc(CC3CCC(C(F)(F)F)CC3)sc2c1. The topological polar surface area (TPSA) is 38.9 Å². The summed E-state index contributed by atoms with van der Waals surface area (Å²) in [5, 5.41) is 1.01. The first-order valence-electron chi connectivity index (χ1n) is 7.13. The molecule has 0 bridgehead atoms. The van der Waals surface area contributed by atoms with Crippen molar-refractivity contribution in [2.75, 3.05) is 5.73 Å². The Morgan fingerprint density at radius 2 is 1.90 bits per heavy atom. The van der Waals surface area contributed by atoms with Crippen LogP contribution in [0.25, 0.3) is 10.2 Å². The highest BCUT2D eigenvalue weighted by Crippen LogP contribution is 2.40. The van der Waals surface area contributed by atoms with E-state index in [2.05, 4.69) is 4.98 Å². The number of anilines is 1. The number of benzene rings is 1. The normalized spacial score (nSPS) is 23.6. The zero-order valence-electron chi connectivity index (χ0n) is 11.5. The lowest BCUT2D eigenvalue weighted by atomic mass is 9.80. The summed E-state index contributed by atoms with van der Waals surface area (Å²) in [4.78, 5) is 4.56. The summed E-state index contributed by atoms with van der Waals surface area (Å²) in [6.07, 6.45) is -1.45. The van der Waals surface area contributed by atoms with Gasteiger partial charge in [-0.3, -0.25) is 0 Å². The van der Waals surface area contributed by atoms with Gasteiger partial charge in [0, 0.05) is 12.1 Å². The standard InChI is InChI=1S/C15H17F3N2S/c16-15(17,18)10-3-1-9(2-4-10)7-14-20-12-6-5-11(19)8-13(12)21-14/h5-6,8-10H,1-4,7,19H2. The van der Waals surface area contributed by atoms with Crippen molar-refractivity contribution in [2.24, 2.45) is 11.8 Å². The molecule has 1 aliphatic carbocycles. The molecule has 3 rings (SSSR count). The van der Waals surface area contributed by atoms with E-state index in [1.807, 2.05) is 18.2 Å². The Hall–Kier alpha value is -1.30. The van der Waals surface area contributed by atoms with Gasteiger partial charge in [0.1, 0.15) is 0 Å². The molecule has 0 atom stereocenters.